The molecule has 0 fully saturated rings. The number of hydrogen-bond donors (Lipinski definition) is 1. The van der Waals surface area contributed by atoms with E-state index in [1.54, 1.807) is 24.3 Å². The molecule has 5 rings (SSSR count). The number of ether oxygens (including phenoxy) is 1. The summed E-state index contributed by atoms with van der Waals surface area (Å²) in [5.74, 6) is -0.938. The smallest absolute Gasteiger partial charge is 0.168 e. The number of methoxy groups -OCH3 is 1. The number of allylic oxidation sites excluding steroid dienone is 5. The van der Waals surface area contributed by atoms with E-state index in [0.29, 0.717) is 23.3 Å². The first kappa shape index (κ1) is 22.6. The van der Waals surface area contributed by atoms with Crippen LogP contribution in [0.4, 0.5) is 0 Å². The molecule has 0 bridgehead atoms. The van der Waals surface area contributed by atoms with Gasteiger partial charge >= 0.3 is 0 Å². The van der Waals surface area contributed by atoms with Gasteiger partial charge in [-0.3, -0.25) is 9.59 Å². The summed E-state index contributed by atoms with van der Waals surface area (Å²) in [6.07, 6.45) is 5.61. The van der Waals surface area contributed by atoms with Gasteiger partial charge in [-0.2, -0.15) is 0 Å². The fourth-order valence-electron chi connectivity index (χ4n) is 5.75. The molecule has 3 aromatic rings. The molecule has 0 saturated heterocycles. The van der Waals surface area contributed by atoms with Gasteiger partial charge in [-0.05, 0) is 35.3 Å². The van der Waals surface area contributed by atoms with Crippen molar-refractivity contribution in [1.29, 1.82) is 0 Å². The van der Waals surface area contributed by atoms with Crippen molar-refractivity contribution >= 4 is 17.1 Å². The number of rotatable bonds is 5. The summed E-state index contributed by atoms with van der Waals surface area (Å²) in [5, 5.41) is 11.1. The molecule has 1 N–H and O–H groups in total. The highest BCUT2D eigenvalue weighted by Gasteiger charge is 2.59. The molecule has 3 atom stereocenters. The predicted octanol–water partition coefficient (Wildman–Crippen LogP) is 5.79. The van der Waals surface area contributed by atoms with Crippen LogP contribution in [-0.4, -0.2) is 23.8 Å². The Labute approximate surface area is 204 Å². The number of carbonyl (C=O) groups excluding carboxylic acids is 2. The summed E-state index contributed by atoms with van der Waals surface area (Å²) in [6.45, 7) is 4.01. The number of benzene rings is 3. The lowest BCUT2D eigenvalue weighted by molar-refractivity contribution is -0.131. The van der Waals surface area contributed by atoms with E-state index in [1.807, 2.05) is 66.7 Å². The van der Waals surface area contributed by atoms with Gasteiger partial charge in [-0.15, -0.1) is 0 Å². The molecule has 0 heterocycles. The quantitative estimate of drug-likeness (QED) is 0.521. The first-order valence-electron chi connectivity index (χ1n) is 11.6. The van der Waals surface area contributed by atoms with Crippen molar-refractivity contribution in [3.05, 3.63) is 126 Å². The van der Waals surface area contributed by atoms with Gasteiger partial charge in [0.15, 0.2) is 11.6 Å². The number of aromatic hydroxyl groups is 1. The molecule has 0 spiro atoms. The summed E-state index contributed by atoms with van der Waals surface area (Å²) in [6, 6.07) is 23.9. The lowest BCUT2D eigenvalue weighted by Gasteiger charge is -2.49. The Morgan fingerprint density at radius 2 is 1.69 bits per heavy atom. The first-order valence-corrected chi connectivity index (χ1v) is 11.6. The fraction of sp³-hybridized carbons (Fsp3) is 0.161. The third-order valence-corrected chi connectivity index (χ3v) is 7.31. The van der Waals surface area contributed by atoms with Gasteiger partial charge in [-0.25, -0.2) is 0 Å². The molecule has 0 aromatic heterocycles. The fourth-order valence-corrected chi connectivity index (χ4v) is 5.75. The van der Waals surface area contributed by atoms with Crippen LogP contribution in [0.3, 0.4) is 0 Å². The van der Waals surface area contributed by atoms with Gasteiger partial charge in [0.2, 0.25) is 0 Å². The minimum Gasteiger partial charge on any atom is -0.508 e. The summed E-state index contributed by atoms with van der Waals surface area (Å²) in [4.78, 5) is 28.4. The van der Waals surface area contributed by atoms with Crippen LogP contribution in [0.15, 0.2) is 109 Å². The lowest BCUT2D eigenvalue weighted by atomic mass is 9.50. The first-order chi connectivity index (χ1) is 17.0. The number of ketones is 2. The maximum Gasteiger partial charge on any atom is 0.168 e. The van der Waals surface area contributed by atoms with E-state index >= 15 is 0 Å². The summed E-state index contributed by atoms with van der Waals surface area (Å²) < 4.78 is 5.28. The maximum atomic E-state index is 14.4. The zero-order valence-corrected chi connectivity index (χ0v) is 19.5. The second kappa shape index (κ2) is 8.88. The normalized spacial score (nSPS) is 23.7. The number of hydrogen-bond acceptors (Lipinski definition) is 4. The molecule has 0 amide bonds. The van der Waals surface area contributed by atoms with Crippen LogP contribution in [-0.2, 0) is 15.0 Å². The molecular weight excluding hydrogens is 436 g/mol. The molecule has 3 aromatic carbocycles. The Hall–Kier alpha value is -4.18. The van der Waals surface area contributed by atoms with Crippen LogP contribution < -0.4 is 4.74 Å². The average Bonchev–Trinajstić information content (AvgIpc) is 2.90. The van der Waals surface area contributed by atoms with Crippen LogP contribution in [0.25, 0.3) is 5.57 Å². The molecule has 0 unspecified atom stereocenters. The highest BCUT2D eigenvalue weighted by molar-refractivity contribution is 6.31. The Bertz CT molecular complexity index is 1370. The molecule has 4 nitrogen and oxygen atoms in total. The van der Waals surface area contributed by atoms with Crippen molar-refractivity contribution < 1.29 is 19.4 Å². The van der Waals surface area contributed by atoms with Crippen LogP contribution in [0, 0.1) is 5.92 Å². The molecule has 4 heteroatoms. The van der Waals surface area contributed by atoms with Crippen LogP contribution >= 0.6 is 0 Å². The summed E-state index contributed by atoms with van der Waals surface area (Å²) in [5.41, 5.74) is 2.06. The highest BCUT2D eigenvalue weighted by Crippen LogP contribution is 2.58. The Morgan fingerprint density at radius 3 is 2.31 bits per heavy atom. The Balaban J connectivity index is 1.81. The van der Waals surface area contributed by atoms with Gasteiger partial charge in [0, 0.05) is 29.0 Å². The van der Waals surface area contributed by atoms with E-state index in [9.17, 15) is 14.7 Å². The third kappa shape index (κ3) is 3.45. The second-order valence-corrected chi connectivity index (χ2v) is 8.94. The predicted molar refractivity (Wildman–Crippen MR) is 136 cm³/mol. The van der Waals surface area contributed by atoms with Gasteiger partial charge < -0.3 is 9.84 Å². The standard InChI is InChI=1S/C31H26O4/c1-3-20-14-17-26-30(34)25(21-10-6-4-7-11-21)19-28(33)31(26,22-12-8-5-9-13-22)29(20)24-16-15-23(35-2)18-27(24)32/h3-16,18-19,26,29,32H,1,17H2,2H3/t26-,29+,31-/m0/s1. The summed E-state index contributed by atoms with van der Waals surface area (Å²) in [7, 11) is 1.53. The zero-order valence-electron chi connectivity index (χ0n) is 19.5. The van der Waals surface area contributed by atoms with Crippen molar-refractivity contribution in [2.75, 3.05) is 7.11 Å². The molecule has 174 valence electrons. The van der Waals surface area contributed by atoms with Crippen LogP contribution in [0.2, 0.25) is 0 Å². The van der Waals surface area contributed by atoms with Crippen molar-refractivity contribution in [2.45, 2.75) is 17.8 Å². The Kier molecular flexibility index (Phi) is 5.73. The van der Waals surface area contributed by atoms with E-state index in [-0.39, 0.29) is 17.3 Å². The maximum absolute atomic E-state index is 14.4. The number of phenolic OH excluding ortho intramolecular Hbond substituents is 1. The molecule has 0 radical (unpaired) electrons. The topological polar surface area (TPSA) is 63.6 Å². The number of fused-ring (bicyclic) bond motifs is 1. The molecule has 0 saturated carbocycles. The molecular formula is C31H26O4. The number of Topliss-reactive ketones (excluding diaryl/α,β-unsaturated/α-hetero) is 1. The van der Waals surface area contributed by atoms with E-state index in [4.69, 9.17) is 4.74 Å². The SMILES string of the molecule is C=CC1=CC[C@H]2C(=O)C(c3ccccc3)=CC(=O)[C@@]2(c2ccccc2)[C@H]1c1ccc(OC)cc1O. The van der Waals surface area contributed by atoms with Gasteiger partial charge in [0.1, 0.15) is 11.5 Å². The van der Waals surface area contributed by atoms with E-state index in [0.717, 1.165) is 16.7 Å². The van der Waals surface area contributed by atoms with Crippen LogP contribution in [0.5, 0.6) is 11.5 Å². The minimum atomic E-state index is -1.22. The van der Waals surface area contributed by atoms with E-state index in [1.165, 1.54) is 13.2 Å². The Morgan fingerprint density at radius 1 is 1.00 bits per heavy atom. The minimum absolute atomic E-state index is 0.0103. The molecule has 2 aliphatic carbocycles. The monoisotopic (exact) mass is 462 g/mol. The molecule has 35 heavy (non-hydrogen) atoms. The van der Waals surface area contributed by atoms with Crippen molar-refractivity contribution in [3.63, 3.8) is 0 Å². The third-order valence-electron chi connectivity index (χ3n) is 7.31. The molecule has 0 aliphatic heterocycles. The highest BCUT2D eigenvalue weighted by atomic mass is 16.5. The lowest BCUT2D eigenvalue weighted by Crippen LogP contribution is -2.54. The van der Waals surface area contributed by atoms with Crippen molar-refractivity contribution in [3.8, 4) is 11.5 Å². The summed E-state index contributed by atoms with van der Waals surface area (Å²) >= 11 is 0. The average molecular weight is 463 g/mol. The van der Waals surface area contributed by atoms with Gasteiger partial charge in [0.05, 0.1) is 12.5 Å². The van der Waals surface area contributed by atoms with Crippen LogP contribution in [0.1, 0.15) is 29.0 Å². The second-order valence-electron chi connectivity index (χ2n) is 8.94. The number of carbonyl (C=O) groups is 2. The number of phenols is 1. The van der Waals surface area contributed by atoms with E-state index < -0.39 is 17.3 Å². The van der Waals surface area contributed by atoms with Crippen molar-refractivity contribution in [1.82, 2.24) is 0 Å². The zero-order chi connectivity index (χ0) is 24.6. The van der Waals surface area contributed by atoms with Gasteiger partial charge in [0.25, 0.3) is 0 Å². The van der Waals surface area contributed by atoms with Gasteiger partial charge in [-0.1, -0.05) is 85.5 Å². The molecule has 2 aliphatic rings. The largest absolute Gasteiger partial charge is 0.508 e. The van der Waals surface area contributed by atoms with Crippen molar-refractivity contribution in [2.24, 2.45) is 5.92 Å². The van der Waals surface area contributed by atoms with E-state index in [2.05, 4.69) is 6.58 Å².